The average molecular weight is 230 g/mol. The van der Waals surface area contributed by atoms with Crippen LogP contribution >= 0.6 is 0 Å². The first kappa shape index (κ1) is 13.3. The highest BCUT2D eigenvalue weighted by atomic mass is 16.1. The Hall–Kier alpha value is -1.73. The number of rotatable bonds is 3. The predicted molar refractivity (Wildman–Crippen MR) is 70.7 cm³/mol. The normalized spacial score (nSPS) is 20.5. The fourth-order valence-corrected chi connectivity index (χ4v) is 1.88. The van der Waals surface area contributed by atoms with Crippen LogP contribution in [-0.4, -0.2) is 17.4 Å². The van der Waals surface area contributed by atoms with Gasteiger partial charge in [-0.2, -0.15) is 0 Å². The minimum Gasteiger partial charge on any atom is -0.294 e. The molecule has 17 heavy (non-hydrogen) atoms. The number of hydrogen-bond acceptors (Lipinski definition) is 3. The molecule has 0 aliphatic carbocycles. The van der Waals surface area contributed by atoms with Gasteiger partial charge < -0.3 is 0 Å². The summed E-state index contributed by atoms with van der Waals surface area (Å²) in [6.45, 7) is 7.45. The second-order valence-corrected chi connectivity index (χ2v) is 4.76. The van der Waals surface area contributed by atoms with E-state index in [1.165, 1.54) is 6.92 Å². The molecule has 1 rings (SSSR count). The Morgan fingerprint density at radius 3 is 2.65 bits per heavy atom. The zero-order chi connectivity index (χ0) is 13.1. The number of nitrogens with zero attached hydrogens (tertiary/aromatic N) is 1. The third-order valence-electron chi connectivity index (χ3n) is 2.71. The van der Waals surface area contributed by atoms with E-state index < -0.39 is 0 Å². The Balaban J connectivity index is 3.21. The smallest absolute Gasteiger partial charge is 0.170 e. The number of carbonyl (C=O) groups is 1. The van der Waals surface area contributed by atoms with Gasteiger partial charge in [-0.15, -0.1) is 0 Å². The second kappa shape index (κ2) is 5.07. The van der Waals surface area contributed by atoms with Crippen LogP contribution in [0, 0.1) is 10.8 Å². The summed E-state index contributed by atoms with van der Waals surface area (Å²) in [5, 5.41) is 7.21. The molecule has 1 heterocycles. The number of hydrogen-bond donors (Lipinski definition) is 1. The van der Waals surface area contributed by atoms with E-state index in [1.807, 2.05) is 39.0 Å². The van der Waals surface area contributed by atoms with Crippen LogP contribution in [0.15, 0.2) is 34.5 Å². The quantitative estimate of drug-likeness (QED) is 0.588. The van der Waals surface area contributed by atoms with E-state index in [2.05, 4.69) is 10.9 Å². The van der Waals surface area contributed by atoms with E-state index in [4.69, 9.17) is 5.41 Å². The molecule has 0 aromatic heterocycles. The van der Waals surface area contributed by atoms with Crippen molar-refractivity contribution in [3.63, 3.8) is 0 Å². The maximum Gasteiger partial charge on any atom is 0.170 e. The number of Topliss-reactive ketones (excluding diaryl/α,β-unsaturated/α-hetero) is 1. The van der Waals surface area contributed by atoms with E-state index in [1.54, 1.807) is 0 Å². The number of allylic oxidation sites excluding steroid dienone is 5. The van der Waals surface area contributed by atoms with Crippen molar-refractivity contribution in [2.24, 2.45) is 10.4 Å². The Kier molecular flexibility index (Phi) is 3.97. The lowest BCUT2D eigenvalue weighted by molar-refractivity contribution is -0.113. The molecule has 0 amide bonds. The fraction of sp³-hybridized carbons (Fsp3) is 0.429. The summed E-state index contributed by atoms with van der Waals surface area (Å²) in [6.07, 6.45) is 6.59. The number of ketones is 1. The molecule has 0 saturated carbocycles. The molecule has 1 N–H and O–H groups in total. The van der Waals surface area contributed by atoms with Crippen molar-refractivity contribution < 1.29 is 4.79 Å². The maximum absolute atomic E-state index is 11.4. The van der Waals surface area contributed by atoms with Crippen LogP contribution in [-0.2, 0) is 4.79 Å². The van der Waals surface area contributed by atoms with E-state index in [0.717, 1.165) is 12.1 Å². The summed E-state index contributed by atoms with van der Waals surface area (Å²) in [5.74, 6) is 2.06. The zero-order valence-corrected chi connectivity index (χ0v) is 10.8. The molecule has 0 bridgehead atoms. The minimum atomic E-state index is -0.206. The van der Waals surface area contributed by atoms with Gasteiger partial charge in [-0.25, -0.2) is 0 Å². The second-order valence-electron chi connectivity index (χ2n) is 4.76. The largest absolute Gasteiger partial charge is 0.294 e. The number of aliphatic imine (C=N–C) groups is 1. The van der Waals surface area contributed by atoms with Crippen LogP contribution < -0.4 is 0 Å². The summed E-state index contributed by atoms with van der Waals surface area (Å²) in [5.41, 5.74) is 1.70. The van der Waals surface area contributed by atoms with Crippen LogP contribution in [0.1, 0.15) is 34.1 Å². The van der Waals surface area contributed by atoms with Crippen molar-refractivity contribution in [2.75, 3.05) is 0 Å². The van der Waals surface area contributed by atoms with Crippen molar-refractivity contribution in [3.05, 3.63) is 29.5 Å². The number of nitrogens with one attached hydrogen (secondary N) is 1. The van der Waals surface area contributed by atoms with Gasteiger partial charge in [-0.1, -0.05) is 26.0 Å². The van der Waals surface area contributed by atoms with Gasteiger partial charge in [0.05, 0.1) is 5.71 Å². The van der Waals surface area contributed by atoms with Crippen molar-refractivity contribution in [2.45, 2.75) is 34.1 Å². The van der Waals surface area contributed by atoms with E-state index >= 15 is 0 Å². The van der Waals surface area contributed by atoms with Gasteiger partial charge in [0.15, 0.2) is 5.78 Å². The van der Waals surface area contributed by atoms with Crippen molar-refractivity contribution >= 4 is 17.4 Å². The Bertz CT molecular complexity index is 472. The van der Waals surface area contributed by atoms with Gasteiger partial charge >= 0.3 is 0 Å². The first-order valence-corrected chi connectivity index (χ1v) is 5.64. The average Bonchev–Trinajstić information content (AvgIpc) is 2.52. The Morgan fingerprint density at radius 1 is 1.53 bits per heavy atom. The lowest BCUT2D eigenvalue weighted by atomic mass is 9.81. The van der Waals surface area contributed by atoms with E-state index in [0.29, 0.717) is 11.3 Å². The van der Waals surface area contributed by atoms with Gasteiger partial charge in [0.25, 0.3) is 0 Å². The summed E-state index contributed by atoms with van der Waals surface area (Å²) >= 11 is 0. The van der Waals surface area contributed by atoms with Crippen LogP contribution in [0.25, 0.3) is 0 Å². The van der Waals surface area contributed by atoms with Crippen LogP contribution in [0.3, 0.4) is 0 Å². The molecule has 0 radical (unpaired) electrons. The lowest BCUT2D eigenvalue weighted by Gasteiger charge is -2.19. The first-order valence-electron chi connectivity index (χ1n) is 5.64. The molecule has 0 aromatic rings. The molecule has 1 aliphatic heterocycles. The highest BCUT2D eigenvalue weighted by Gasteiger charge is 2.35. The van der Waals surface area contributed by atoms with E-state index in [-0.39, 0.29) is 11.2 Å². The van der Waals surface area contributed by atoms with Crippen molar-refractivity contribution in [1.29, 1.82) is 5.41 Å². The summed E-state index contributed by atoms with van der Waals surface area (Å²) < 4.78 is 0. The summed E-state index contributed by atoms with van der Waals surface area (Å²) in [4.78, 5) is 15.9. The van der Waals surface area contributed by atoms with Gasteiger partial charge in [-0.3, -0.25) is 15.2 Å². The maximum atomic E-state index is 11.4. The molecule has 3 heteroatoms. The lowest BCUT2D eigenvalue weighted by Crippen LogP contribution is -2.25. The van der Waals surface area contributed by atoms with Gasteiger partial charge in [0.1, 0.15) is 5.57 Å². The van der Waals surface area contributed by atoms with Crippen molar-refractivity contribution in [1.82, 2.24) is 0 Å². The van der Waals surface area contributed by atoms with Gasteiger partial charge in [0.2, 0.25) is 0 Å². The molecule has 0 atom stereocenters. The first-order chi connectivity index (χ1) is 7.92. The predicted octanol–water partition coefficient (Wildman–Crippen LogP) is 3.08. The molecule has 0 aromatic carbocycles. The zero-order valence-electron chi connectivity index (χ0n) is 10.8. The molecular weight excluding hydrogens is 212 g/mol. The third kappa shape index (κ3) is 2.89. The molecule has 3 nitrogen and oxygen atoms in total. The van der Waals surface area contributed by atoms with Crippen LogP contribution in [0.4, 0.5) is 0 Å². The molecule has 1 aliphatic rings. The topological polar surface area (TPSA) is 53.3 Å². The van der Waals surface area contributed by atoms with Crippen molar-refractivity contribution in [3.8, 4) is 0 Å². The molecule has 0 saturated heterocycles. The van der Waals surface area contributed by atoms with Gasteiger partial charge in [-0.05, 0) is 25.8 Å². The van der Waals surface area contributed by atoms with Gasteiger partial charge in [0, 0.05) is 17.5 Å². The standard InChI is InChI=1S/C14H18N2O/c1-5-6-7-11-8-14(3,4)13(16-11)12(9-15)10(2)17/h5-7,15H,8H2,1-4H3/b6-5-,11-7+. The van der Waals surface area contributed by atoms with Crippen LogP contribution in [0.5, 0.6) is 0 Å². The fourth-order valence-electron chi connectivity index (χ4n) is 1.88. The third-order valence-corrected chi connectivity index (χ3v) is 2.71. The molecule has 90 valence electrons. The Labute approximate surface area is 102 Å². The Morgan fingerprint density at radius 2 is 2.18 bits per heavy atom. The van der Waals surface area contributed by atoms with Crippen LogP contribution in [0.2, 0.25) is 0 Å². The highest BCUT2D eigenvalue weighted by molar-refractivity contribution is 6.29. The van der Waals surface area contributed by atoms with E-state index in [9.17, 15) is 4.79 Å². The molecule has 0 unspecified atom stereocenters. The minimum absolute atomic E-state index is 0.154. The number of carbonyl (C=O) groups excluding carboxylic acids is 1. The molecule has 0 spiro atoms. The SMILES string of the molecule is C/C=C\C=C1/CC(C)(C)C(C(=C=N)C(C)=O)=N1. The summed E-state index contributed by atoms with van der Waals surface area (Å²) in [6, 6.07) is 0. The molecule has 0 fully saturated rings. The summed E-state index contributed by atoms with van der Waals surface area (Å²) in [7, 11) is 0. The monoisotopic (exact) mass is 230 g/mol. The highest BCUT2D eigenvalue weighted by Crippen LogP contribution is 2.37. The molecular formula is C14H18N2O.